The molecule has 0 amide bonds. The molecule has 0 unspecified atom stereocenters. The van der Waals surface area contributed by atoms with Gasteiger partial charge in [-0.2, -0.15) is 0 Å². The standard InChI is InChI=1S/C15H17ClN2O/c1-3-7-11-10-14(16)18-15(17-11)12-8-5-6-9-13(12)19-4-2/h5-6,8-10H,3-4,7H2,1-2H3. The largest absolute Gasteiger partial charge is 0.493 e. The van der Waals surface area contributed by atoms with Crippen LogP contribution in [0.5, 0.6) is 5.75 Å². The summed E-state index contributed by atoms with van der Waals surface area (Å²) in [6.45, 7) is 4.68. The normalized spacial score (nSPS) is 10.5. The van der Waals surface area contributed by atoms with E-state index in [9.17, 15) is 0 Å². The van der Waals surface area contributed by atoms with Crippen molar-refractivity contribution in [2.75, 3.05) is 6.61 Å². The maximum Gasteiger partial charge on any atom is 0.164 e. The molecule has 0 radical (unpaired) electrons. The lowest BCUT2D eigenvalue weighted by Gasteiger charge is -2.10. The molecule has 0 aliphatic carbocycles. The average molecular weight is 277 g/mol. The van der Waals surface area contributed by atoms with Gasteiger partial charge in [0.05, 0.1) is 12.2 Å². The molecule has 1 aromatic heterocycles. The maximum absolute atomic E-state index is 6.07. The van der Waals surface area contributed by atoms with Crippen LogP contribution in [-0.2, 0) is 6.42 Å². The van der Waals surface area contributed by atoms with Gasteiger partial charge in [0.15, 0.2) is 5.82 Å². The molecule has 0 fully saturated rings. The number of halogens is 1. The first kappa shape index (κ1) is 13.8. The average Bonchev–Trinajstić information content (AvgIpc) is 2.39. The molecular weight excluding hydrogens is 260 g/mol. The van der Waals surface area contributed by atoms with Gasteiger partial charge in [-0.1, -0.05) is 37.1 Å². The lowest BCUT2D eigenvalue weighted by molar-refractivity contribution is 0.341. The van der Waals surface area contributed by atoms with Gasteiger partial charge in [0.25, 0.3) is 0 Å². The molecule has 19 heavy (non-hydrogen) atoms. The predicted molar refractivity (Wildman–Crippen MR) is 77.6 cm³/mol. The van der Waals surface area contributed by atoms with Crippen molar-refractivity contribution in [2.24, 2.45) is 0 Å². The first-order valence-corrected chi connectivity index (χ1v) is 6.88. The quantitative estimate of drug-likeness (QED) is 0.770. The highest BCUT2D eigenvalue weighted by Crippen LogP contribution is 2.28. The molecule has 0 N–H and O–H groups in total. The number of para-hydroxylation sites is 1. The van der Waals surface area contributed by atoms with Gasteiger partial charge in [-0.25, -0.2) is 9.97 Å². The van der Waals surface area contributed by atoms with Crippen LogP contribution in [0.1, 0.15) is 26.0 Å². The Labute approximate surface area is 118 Å². The summed E-state index contributed by atoms with van der Waals surface area (Å²) in [5.74, 6) is 1.41. The van der Waals surface area contributed by atoms with Crippen molar-refractivity contribution < 1.29 is 4.74 Å². The number of hydrogen-bond donors (Lipinski definition) is 0. The number of nitrogens with zero attached hydrogens (tertiary/aromatic N) is 2. The van der Waals surface area contributed by atoms with Crippen LogP contribution < -0.4 is 4.74 Å². The van der Waals surface area contributed by atoms with Crippen LogP contribution in [0.15, 0.2) is 30.3 Å². The summed E-state index contributed by atoms with van der Waals surface area (Å²) in [7, 11) is 0. The van der Waals surface area contributed by atoms with E-state index in [1.807, 2.05) is 37.3 Å². The van der Waals surface area contributed by atoms with Gasteiger partial charge in [0.2, 0.25) is 0 Å². The summed E-state index contributed by atoms with van der Waals surface area (Å²) in [4.78, 5) is 8.86. The zero-order valence-corrected chi connectivity index (χ0v) is 11.9. The third-order valence-corrected chi connectivity index (χ3v) is 2.88. The van der Waals surface area contributed by atoms with Crippen molar-refractivity contribution in [1.82, 2.24) is 9.97 Å². The maximum atomic E-state index is 6.07. The van der Waals surface area contributed by atoms with Crippen molar-refractivity contribution >= 4 is 11.6 Å². The van der Waals surface area contributed by atoms with Crippen LogP contribution in [0.3, 0.4) is 0 Å². The van der Waals surface area contributed by atoms with E-state index >= 15 is 0 Å². The van der Waals surface area contributed by atoms with Crippen molar-refractivity contribution in [3.05, 3.63) is 41.2 Å². The van der Waals surface area contributed by atoms with Crippen LogP contribution in [0.25, 0.3) is 11.4 Å². The summed E-state index contributed by atoms with van der Waals surface area (Å²) in [5.41, 5.74) is 1.84. The Hall–Kier alpha value is -1.61. The second-order valence-electron chi connectivity index (χ2n) is 4.18. The molecule has 2 aromatic rings. The van der Waals surface area contributed by atoms with Gasteiger partial charge in [0, 0.05) is 5.69 Å². The van der Waals surface area contributed by atoms with Gasteiger partial charge in [-0.15, -0.1) is 0 Å². The predicted octanol–water partition coefficient (Wildman–Crippen LogP) is 4.15. The van der Waals surface area contributed by atoms with Gasteiger partial charge in [-0.05, 0) is 31.5 Å². The van der Waals surface area contributed by atoms with Gasteiger partial charge in [0.1, 0.15) is 10.9 Å². The molecule has 2 rings (SSSR count). The van der Waals surface area contributed by atoms with Crippen molar-refractivity contribution in [3.63, 3.8) is 0 Å². The third-order valence-electron chi connectivity index (χ3n) is 2.68. The Balaban J connectivity index is 2.46. The summed E-state index contributed by atoms with van der Waals surface area (Å²) in [6, 6.07) is 9.57. The molecule has 100 valence electrons. The molecular formula is C15H17ClN2O. The van der Waals surface area contributed by atoms with E-state index in [0.29, 0.717) is 17.6 Å². The summed E-state index contributed by atoms with van der Waals surface area (Å²) >= 11 is 6.07. The molecule has 0 atom stereocenters. The van der Waals surface area contributed by atoms with E-state index in [4.69, 9.17) is 16.3 Å². The van der Waals surface area contributed by atoms with Crippen molar-refractivity contribution in [1.29, 1.82) is 0 Å². The zero-order chi connectivity index (χ0) is 13.7. The zero-order valence-electron chi connectivity index (χ0n) is 11.2. The Bertz CT molecular complexity index is 558. The number of ether oxygens (including phenoxy) is 1. The molecule has 0 saturated heterocycles. The lowest BCUT2D eigenvalue weighted by atomic mass is 10.1. The van der Waals surface area contributed by atoms with Gasteiger partial charge < -0.3 is 4.74 Å². The molecule has 0 aliphatic rings. The van der Waals surface area contributed by atoms with E-state index < -0.39 is 0 Å². The minimum atomic E-state index is 0.472. The first-order valence-electron chi connectivity index (χ1n) is 6.50. The fourth-order valence-electron chi connectivity index (χ4n) is 1.90. The van der Waals surface area contributed by atoms with Crippen molar-refractivity contribution in [3.8, 4) is 17.1 Å². The highest BCUT2D eigenvalue weighted by atomic mass is 35.5. The van der Waals surface area contributed by atoms with Crippen LogP contribution in [0, 0.1) is 0 Å². The van der Waals surface area contributed by atoms with E-state index in [2.05, 4.69) is 16.9 Å². The molecule has 1 aromatic carbocycles. The topological polar surface area (TPSA) is 35.0 Å². The summed E-state index contributed by atoms with van der Waals surface area (Å²) < 4.78 is 5.61. The minimum Gasteiger partial charge on any atom is -0.493 e. The molecule has 0 bridgehead atoms. The van der Waals surface area contributed by atoms with E-state index in [-0.39, 0.29) is 0 Å². The van der Waals surface area contributed by atoms with E-state index in [1.165, 1.54) is 0 Å². The second-order valence-corrected chi connectivity index (χ2v) is 4.57. The Kier molecular flexibility index (Phi) is 4.74. The fourth-order valence-corrected chi connectivity index (χ4v) is 2.11. The van der Waals surface area contributed by atoms with Gasteiger partial charge >= 0.3 is 0 Å². The number of aromatic nitrogens is 2. The Morgan fingerprint density at radius 2 is 1.95 bits per heavy atom. The highest BCUT2D eigenvalue weighted by molar-refractivity contribution is 6.29. The minimum absolute atomic E-state index is 0.472. The second kappa shape index (κ2) is 6.53. The third kappa shape index (κ3) is 3.44. The molecule has 3 nitrogen and oxygen atoms in total. The van der Waals surface area contributed by atoms with Crippen LogP contribution in [-0.4, -0.2) is 16.6 Å². The van der Waals surface area contributed by atoms with Crippen LogP contribution in [0.2, 0.25) is 5.15 Å². The van der Waals surface area contributed by atoms with Crippen LogP contribution >= 0.6 is 11.6 Å². The Morgan fingerprint density at radius 1 is 1.16 bits per heavy atom. The number of benzene rings is 1. The number of aryl methyl sites for hydroxylation is 1. The SMILES string of the molecule is CCCc1cc(Cl)nc(-c2ccccc2OCC)n1. The fraction of sp³-hybridized carbons (Fsp3) is 0.333. The molecule has 0 aliphatic heterocycles. The van der Waals surface area contributed by atoms with Gasteiger partial charge in [-0.3, -0.25) is 0 Å². The number of hydrogen-bond acceptors (Lipinski definition) is 3. The van der Waals surface area contributed by atoms with E-state index in [0.717, 1.165) is 29.8 Å². The highest BCUT2D eigenvalue weighted by Gasteiger charge is 2.10. The molecule has 1 heterocycles. The Morgan fingerprint density at radius 3 is 2.68 bits per heavy atom. The molecule has 0 saturated carbocycles. The molecule has 0 spiro atoms. The van der Waals surface area contributed by atoms with E-state index in [1.54, 1.807) is 0 Å². The summed E-state index contributed by atoms with van der Waals surface area (Å²) in [6.07, 6.45) is 1.92. The first-order chi connectivity index (χ1) is 9.24. The lowest BCUT2D eigenvalue weighted by Crippen LogP contribution is -1.99. The number of rotatable bonds is 5. The van der Waals surface area contributed by atoms with Crippen LogP contribution in [0.4, 0.5) is 0 Å². The monoisotopic (exact) mass is 276 g/mol. The van der Waals surface area contributed by atoms with Crippen molar-refractivity contribution in [2.45, 2.75) is 26.7 Å². The summed E-state index contributed by atoms with van der Waals surface area (Å²) in [5, 5.41) is 0.472. The smallest absolute Gasteiger partial charge is 0.164 e. The molecule has 4 heteroatoms.